The number of benzene rings is 8. The Hall–Kier alpha value is -7.66. The third-order valence-electron chi connectivity index (χ3n) is 10.6. The highest BCUT2D eigenvalue weighted by Gasteiger charge is 2.21. The highest BCUT2D eigenvalue weighted by atomic mass is 15.0. The van der Waals surface area contributed by atoms with Gasteiger partial charge in [0.25, 0.3) is 0 Å². The monoisotopic (exact) mass is 686 g/mol. The Bertz CT molecular complexity index is 3160. The molecule has 0 saturated heterocycles. The lowest BCUT2D eigenvalue weighted by Gasteiger charge is -2.11. The van der Waals surface area contributed by atoms with Gasteiger partial charge in [-0.15, -0.1) is 0 Å². The standard InChI is InChI=1S/C50H30N4/c1-52-39-24-20-38(32-51)49(31-39)54-47-26-22-36(34-14-7-3-8-15-34)29-44(47)50-41(18-11-19-48(50)54)37-23-27-46-43(30-37)42-28-35(33-12-5-2-6-13-33)21-25-45(42)53(46)40-16-9-4-10-17-40/h2-31H. The highest BCUT2D eigenvalue weighted by molar-refractivity contribution is 6.18. The molecule has 0 atom stereocenters. The molecule has 0 bridgehead atoms. The second-order valence-corrected chi connectivity index (χ2v) is 13.6. The average molecular weight is 687 g/mol. The molecule has 8 aromatic carbocycles. The third kappa shape index (κ3) is 4.90. The van der Waals surface area contributed by atoms with E-state index in [0.29, 0.717) is 16.9 Å². The molecule has 0 aliphatic carbocycles. The molecule has 0 unspecified atom stereocenters. The molecule has 0 N–H and O–H groups in total. The van der Waals surface area contributed by atoms with E-state index in [9.17, 15) is 5.26 Å². The first-order valence-electron chi connectivity index (χ1n) is 17.9. The van der Waals surface area contributed by atoms with Crippen molar-refractivity contribution in [3.05, 3.63) is 199 Å². The van der Waals surface area contributed by atoms with Crippen LogP contribution in [0, 0.1) is 17.9 Å². The van der Waals surface area contributed by atoms with Crippen LogP contribution in [0.1, 0.15) is 5.56 Å². The molecule has 0 amide bonds. The Morgan fingerprint density at radius 3 is 1.61 bits per heavy atom. The number of nitriles is 1. The molecular weight excluding hydrogens is 657 g/mol. The molecule has 10 rings (SSSR count). The molecule has 0 aliphatic rings. The van der Waals surface area contributed by atoms with Gasteiger partial charge in [0.15, 0.2) is 5.69 Å². The first kappa shape index (κ1) is 31.1. The number of fused-ring (bicyclic) bond motifs is 6. The fourth-order valence-electron chi connectivity index (χ4n) is 8.11. The van der Waals surface area contributed by atoms with Crippen molar-refractivity contribution in [3.8, 4) is 50.8 Å². The summed E-state index contributed by atoms with van der Waals surface area (Å²) in [5.41, 5.74) is 13.9. The Kier molecular flexibility index (Phi) is 7.22. The van der Waals surface area contributed by atoms with E-state index in [1.807, 2.05) is 12.1 Å². The first-order valence-corrected chi connectivity index (χ1v) is 17.9. The van der Waals surface area contributed by atoms with Gasteiger partial charge in [0, 0.05) is 27.2 Å². The van der Waals surface area contributed by atoms with Gasteiger partial charge in [-0.1, -0.05) is 121 Å². The van der Waals surface area contributed by atoms with Gasteiger partial charge in [-0.25, -0.2) is 4.85 Å². The van der Waals surface area contributed by atoms with Gasteiger partial charge in [0.05, 0.1) is 39.9 Å². The van der Waals surface area contributed by atoms with Gasteiger partial charge < -0.3 is 9.13 Å². The summed E-state index contributed by atoms with van der Waals surface area (Å²) < 4.78 is 4.51. The van der Waals surface area contributed by atoms with Crippen molar-refractivity contribution in [2.24, 2.45) is 0 Å². The van der Waals surface area contributed by atoms with E-state index in [1.54, 1.807) is 12.1 Å². The summed E-state index contributed by atoms with van der Waals surface area (Å²) in [7, 11) is 0. The average Bonchev–Trinajstić information content (AvgIpc) is 3.76. The predicted molar refractivity (Wildman–Crippen MR) is 222 cm³/mol. The zero-order valence-electron chi connectivity index (χ0n) is 29.1. The number of para-hydroxylation sites is 1. The van der Waals surface area contributed by atoms with Gasteiger partial charge in [-0.2, -0.15) is 5.26 Å². The lowest BCUT2D eigenvalue weighted by molar-refractivity contribution is 1.17. The second kappa shape index (κ2) is 12.5. The highest BCUT2D eigenvalue weighted by Crippen LogP contribution is 2.43. The lowest BCUT2D eigenvalue weighted by Crippen LogP contribution is -1.97. The largest absolute Gasteiger partial charge is 0.309 e. The summed E-state index contributed by atoms with van der Waals surface area (Å²) in [5.74, 6) is 0. The van der Waals surface area contributed by atoms with Gasteiger partial charge in [0.2, 0.25) is 0 Å². The molecule has 4 nitrogen and oxygen atoms in total. The van der Waals surface area contributed by atoms with Gasteiger partial charge in [0.1, 0.15) is 6.07 Å². The number of rotatable bonds is 5. The zero-order valence-corrected chi connectivity index (χ0v) is 29.1. The second-order valence-electron chi connectivity index (χ2n) is 13.6. The number of nitrogens with zero attached hydrogens (tertiary/aromatic N) is 4. The predicted octanol–water partition coefficient (Wildman–Crippen LogP) is 13.3. The minimum atomic E-state index is 0.492. The summed E-state index contributed by atoms with van der Waals surface area (Å²) in [4.78, 5) is 3.72. The molecule has 2 aromatic heterocycles. The van der Waals surface area contributed by atoms with E-state index in [0.717, 1.165) is 60.8 Å². The van der Waals surface area contributed by atoms with Crippen LogP contribution in [0.2, 0.25) is 0 Å². The Balaban J connectivity index is 1.28. The Labute approximate surface area is 312 Å². The number of hydrogen-bond donors (Lipinski definition) is 0. The summed E-state index contributed by atoms with van der Waals surface area (Å²) in [6.07, 6.45) is 0. The molecule has 0 spiro atoms. The van der Waals surface area contributed by atoms with Crippen LogP contribution in [0.5, 0.6) is 0 Å². The molecule has 10 aromatic rings. The number of hydrogen-bond acceptors (Lipinski definition) is 1. The summed E-state index contributed by atoms with van der Waals surface area (Å²) >= 11 is 0. The van der Waals surface area contributed by atoms with Crippen LogP contribution in [0.15, 0.2) is 182 Å². The molecule has 0 fully saturated rings. The fourth-order valence-corrected chi connectivity index (χ4v) is 8.11. The van der Waals surface area contributed by atoms with Crippen LogP contribution >= 0.6 is 0 Å². The SMILES string of the molecule is [C-]#[N+]c1ccc(C#N)c(-n2c3ccc(-c4ccccc4)cc3c3c(-c4ccc5c(c4)c4cc(-c6ccccc6)ccc4n5-c4ccccc4)cccc32)c1. The third-order valence-corrected chi connectivity index (χ3v) is 10.6. The quantitative estimate of drug-likeness (QED) is 0.166. The maximum atomic E-state index is 10.3. The van der Waals surface area contributed by atoms with Crippen molar-refractivity contribution in [3.63, 3.8) is 0 Å². The van der Waals surface area contributed by atoms with Crippen molar-refractivity contribution in [1.82, 2.24) is 9.13 Å². The maximum Gasteiger partial charge on any atom is 0.189 e. The molecular formula is C50H30N4. The van der Waals surface area contributed by atoms with Crippen LogP contribution in [0.3, 0.4) is 0 Å². The van der Waals surface area contributed by atoms with Crippen molar-refractivity contribution >= 4 is 49.3 Å². The van der Waals surface area contributed by atoms with E-state index >= 15 is 0 Å². The van der Waals surface area contributed by atoms with Crippen LogP contribution in [0.4, 0.5) is 5.69 Å². The Morgan fingerprint density at radius 1 is 0.444 bits per heavy atom. The molecule has 250 valence electrons. The van der Waals surface area contributed by atoms with E-state index in [4.69, 9.17) is 6.57 Å². The Morgan fingerprint density at radius 2 is 1.00 bits per heavy atom. The van der Waals surface area contributed by atoms with E-state index in [2.05, 4.69) is 178 Å². The molecule has 0 radical (unpaired) electrons. The van der Waals surface area contributed by atoms with E-state index in [1.165, 1.54) is 21.9 Å². The molecule has 0 saturated carbocycles. The molecule has 2 heterocycles. The smallest absolute Gasteiger partial charge is 0.189 e. The minimum absolute atomic E-state index is 0.492. The number of aromatic nitrogens is 2. The van der Waals surface area contributed by atoms with E-state index < -0.39 is 0 Å². The fraction of sp³-hybridized carbons (Fsp3) is 0. The van der Waals surface area contributed by atoms with Crippen molar-refractivity contribution in [2.75, 3.05) is 0 Å². The lowest BCUT2D eigenvalue weighted by atomic mass is 9.96. The zero-order chi connectivity index (χ0) is 36.2. The van der Waals surface area contributed by atoms with Crippen molar-refractivity contribution in [1.29, 1.82) is 5.26 Å². The summed E-state index contributed by atoms with van der Waals surface area (Å²) in [6, 6.07) is 65.8. The first-order chi connectivity index (χ1) is 26.7. The molecule has 4 heteroatoms. The van der Waals surface area contributed by atoms with Gasteiger partial charge >= 0.3 is 0 Å². The molecule has 0 aliphatic heterocycles. The van der Waals surface area contributed by atoms with Crippen LogP contribution < -0.4 is 0 Å². The van der Waals surface area contributed by atoms with Crippen molar-refractivity contribution < 1.29 is 0 Å². The summed E-state index contributed by atoms with van der Waals surface area (Å²) in [6.45, 7) is 7.76. The summed E-state index contributed by atoms with van der Waals surface area (Å²) in [5, 5.41) is 14.8. The van der Waals surface area contributed by atoms with Crippen LogP contribution in [0.25, 0.3) is 93.2 Å². The molecule has 54 heavy (non-hydrogen) atoms. The van der Waals surface area contributed by atoms with Crippen LogP contribution in [-0.4, -0.2) is 9.13 Å². The van der Waals surface area contributed by atoms with E-state index in [-0.39, 0.29) is 0 Å². The maximum absolute atomic E-state index is 10.3. The topological polar surface area (TPSA) is 38.0 Å². The van der Waals surface area contributed by atoms with Gasteiger partial charge in [-0.3, -0.25) is 0 Å². The normalized spacial score (nSPS) is 11.3. The minimum Gasteiger partial charge on any atom is -0.309 e. The van der Waals surface area contributed by atoms with Crippen LogP contribution in [-0.2, 0) is 0 Å². The van der Waals surface area contributed by atoms with Crippen molar-refractivity contribution in [2.45, 2.75) is 0 Å². The van der Waals surface area contributed by atoms with Gasteiger partial charge in [-0.05, 0) is 94.0 Å².